The van der Waals surface area contributed by atoms with E-state index in [1.54, 1.807) is 12.1 Å². The maximum Gasteiger partial charge on any atom is 0.226 e. The lowest BCUT2D eigenvalue weighted by atomic mass is 9.79. The molecule has 5 rings (SSSR count). The summed E-state index contributed by atoms with van der Waals surface area (Å²) in [6, 6.07) is 22.4. The molecule has 4 nitrogen and oxygen atoms in total. The molecule has 0 spiro atoms. The topological polar surface area (TPSA) is 60.8 Å². The highest BCUT2D eigenvalue weighted by Gasteiger charge is 2.44. The Kier molecular flexibility index (Phi) is 5.76. The van der Waals surface area contributed by atoms with Crippen molar-refractivity contribution in [1.82, 2.24) is 4.90 Å². The van der Waals surface area contributed by atoms with E-state index in [1.165, 1.54) is 0 Å². The Morgan fingerprint density at radius 2 is 1.20 bits per heavy atom. The second kappa shape index (κ2) is 8.77. The summed E-state index contributed by atoms with van der Waals surface area (Å²) in [5, 5.41) is 24.2. The molecule has 1 heterocycles. The van der Waals surface area contributed by atoms with E-state index in [1.807, 2.05) is 93.3 Å². The van der Waals surface area contributed by atoms with Crippen molar-refractivity contribution >= 4 is 16.7 Å². The zero-order valence-electron chi connectivity index (χ0n) is 20.6. The van der Waals surface area contributed by atoms with E-state index in [-0.39, 0.29) is 23.3 Å². The van der Waals surface area contributed by atoms with Gasteiger partial charge < -0.3 is 15.1 Å². The van der Waals surface area contributed by atoms with Crippen LogP contribution in [0.4, 0.5) is 0 Å². The molecule has 0 fully saturated rings. The minimum Gasteiger partial charge on any atom is -0.508 e. The monoisotopic (exact) mass is 465 g/mol. The van der Waals surface area contributed by atoms with Crippen molar-refractivity contribution in [2.45, 2.75) is 46.2 Å². The number of hydrogen-bond donors (Lipinski definition) is 2. The predicted molar refractivity (Wildman–Crippen MR) is 140 cm³/mol. The number of aromatic hydroxyl groups is 2. The highest BCUT2D eigenvalue weighted by molar-refractivity contribution is 5.97. The number of hydrogen-bond acceptors (Lipinski definition) is 3. The average Bonchev–Trinajstić information content (AvgIpc) is 2.86. The van der Waals surface area contributed by atoms with Gasteiger partial charge in [0.2, 0.25) is 5.91 Å². The molecule has 0 saturated heterocycles. The highest BCUT2D eigenvalue weighted by atomic mass is 16.3. The van der Waals surface area contributed by atoms with Gasteiger partial charge in [-0.2, -0.15) is 0 Å². The summed E-state index contributed by atoms with van der Waals surface area (Å²) in [6.45, 7) is 8.03. The number of carbonyl (C=O) groups is 1. The van der Waals surface area contributed by atoms with E-state index in [0.29, 0.717) is 17.5 Å². The Hall–Kier alpha value is -3.79. The number of aryl methyl sites for hydroxylation is 2. The third kappa shape index (κ3) is 3.74. The van der Waals surface area contributed by atoms with Crippen LogP contribution in [-0.2, 0) is 4.79 Å². The van der Waals surface area contributed by atoms with Crippen LogP contribution in [0.3, 0.4) is 0 Å². The Morgan fingerprint density at radius 3 is 1.60 bits per heavy atom. The van der Waals surface area contributed by atoms with Gasteiger partial charge in [0.05, 0.1) is 12.1 Å². The maximum absolute atomic E-state index is 14.1. The number of phenols is 2. The van der Waals surface area contributed by atoms with Gasteiger partial charge in [0.1, 0.15) is 11.5 Å². The van der Waals surface area contributed by atoms with Gasteiger partial charge in [-0.3, -0.25) is 4.79 Å². The summed E-state index contributed by atoms with van der Waals surface area (Å²) >= 11 is 0. The predicted octanol–water partition coefficient (Wildman–Crippen LogP) is 6.93. The third-order valence-corrected chi connectivity index (χ3v) is 7.40. The van der Waals surface area contributed by atoms with E-state index < -0.39 is 12.1 Å². The van der Waals surface area contributed by atoms with Crippen LogP contribution in [0.15, 0.2) is 72.8 Å². The molecular formula is C31H31NO3. The molecular weight excluding hydrogens is 434 g/mol. The first-order valence-corrected chi connectivity index (χ1v) is 12.2. The van der Waals surface area contributed by atoms with Crippen LogP contribution in [0.5, 0.6) is 11.5 Å². The van der Waals surface area contributed by atoms with Gasteiger partial charge in [-0.25, -0.2) is 0 Å². The minimum atomic E-state index is -0.499. The molecule has 0 aromatic heterocycles. The Balaban J connectivity index is 1.92. The van der Waals surface area contributed by atoms with Gasteiger partial charge in [0.15, 0.2) is 0 Å². The quantitative estimate of drug-likeness (QED) is 0.343. The summed E-state index contributed by atoms with van der Waals surface area (Å²) in [7, 11) is 0. The van der Waals surface area contributed by atoms with Gasteiger partial charge in [-0.1, -0.05) is 85.6 Å². The molecule has 3 unspecified atom stereocenters. The molecule has 1 amide bonds. The summed E-state index contributed by atoms with van der Waals surface area (Å²) in [5.41, 5.74) is 5.44. The van der Waals surface area contributed by atoms with Crippen molar-refractivity contribution in [3.8, 4) is 11.5 Å². The van der Waals surface area contributed by atoms with Gasteiger partial charge in [-0.05, 0) is 48.9 Å². The summed E-state index contributed by atoms with van der Waals surface area (Å²) in [6.07, 6.45) is 0.695. The maximum atomic E-state index is 14.1. The first kappa shape index (κ1) is 23.0. The van der Waals surface area contributed by atoms with Gasteiger partial charge >= 0.3 is 0 Å². The molecule has 0 bridgehead atoms. The normalized spacial score (nSPS) is 18.0. The number of phenolic OH excluding ortho intramolecular Hbond substituents is 2. The summed E-state index contributed by atoms with van der Waals surface area (Å²) in [4.78, 5) is 16.0. The first-order valence-electron chi connectivity index (χ1n) is 12.2. The number of carbonyl (C=O) groups excluding carboxylic acids is 1. The molecule has 178 valence electrons. The second-order valence-corrected chi connectivity index (χ2v) is 9.78. The fourth-order valence-electron chi connectivity index (χ4n) is 5.27. The Bertz CT molecular complexity index is 1310. The van der Waals surface area contributed by atoms with Crippen molar-refractivity contribution in [2.24, 2.45) is 5.92 Å². The van der Waals surface area contributed by atoms with E-state index in [0.717, 1.165) is 33.0 Å². The third-order valence-electron chi connectivity index (χ3n) is 7.40. The van der Waals surface area contributed by atoms with Gasteiger partial charge in [-0.15, -0.1) is 0 Å². The lowest BCUT2D eigenvalue weighted by Crippen LogP contribution is -2.44. The van der Waals surface area contributed by atoms with Crippen molar-refractivity contribution < 1.29 is 15.0 Å². The Labute approximate surface area is 206 Å². The van der Waals surface area contributed by atoms with E-state index in [2.05, 4.69) is 0 Å². The molecule has 1 aliphatic heterocycles. The van der Waals surface area contributed by atoms with Crippen molar-refractivity contribution in [1.29, 1.82) is 0 Å². The fraction of sp³-hybridized carbons (Fsp3) is 0.258. The molecule has 0 radical (unpaired) electrons. The number of nitrogens with zero attached hydrogens (tertiary/aromatic N) is 1. The summed E-state index contributed by atoms with van der Waals surface area (Å²) in [5.74, 6) is 0.0251. The molecule has 0 saturated carbocycles. The zero-order chi connectivity index (χ0) is 24.9. The van der Waals surface area contributed by atoms with Crippen LogP contribution < -0.4 is 0 Å². The van der Waals surface area contributed by atoms with Crippen molar-refractivity contribution in [3.05, 3.63) is 106 Å². The van der Waals surface area contributed by atoms with Crippen molar-refractivity contribution in [3.63, 3.8) is 0 Å². The number of benzene rings is 4. The lowest BCUT2D eigenvalue weighted by Gasteiger charge is -2.45. The van der Waals surface area contributed by atoms with Crippen LogP contribution in [0.1, 0.15) is 65.7 Å². The van der Waals surface area contributed by atoms with E-state index >= 15 is 0 Å². The van der Waals surface area contributed by atoms with E-state index in [9.17, 15) is 15.0 Å². The molecule has 0 aliphatic carbocycles. The molecule has 3 atom stereocenters. The van der Waals surface area contributed by atoms with E-state index in [4.69, 9.17) is 0 Å². The smallest absolute Gasteiger partial charge is 0.226 e. The molecule has 4 heteroatoms. The standard InChI is InChI=1S/C31H31NO3/c1-5-20(4)31(35)32-29(22-10-6-18(2)7-11-22)27-24(33)16-14-21-15-17-25(34)28(26(21)27)30(32)23-12-8-19(3)9-13-23/h6-17,20,29-30,33-34H,5H2,1-4H3. The minimum absolute atomic E-state index is 0.00560. The first-order chi connectivity index (χ1) is 16.8. The fourth-order valence-corrected chi connectivity index (χ4v) is 5.27. The molecule has 1 aliphatic rings. The lowest BCUT2D eigenvalue weighted by molar-refractivity contribution is -0.139. The highest BCUT2D eigenvalue weighted by Crippen LogP contribution is 2.54. The zero-order valence-corrected chi connectivity index (χ0v) is 20.6. The van der Waals surface area contributed by atoms with Gasteiger partial charge in [0, 0.05) is 22.4 Å². The molecule has 4 aromatic rings. The average molecular weight is 466 g/mol. The SMILES string of the molecule is CCC(C)C(=O)N1C(c2ccc(C)cc2)c2c(O)ccc3ccc(O)c(c23)C1c1ccc(C)cc1. The molecule has 35 heavy (non-hydrogen) atoms. The van der Waals surface area contributed by atoms with Gasteiger partial charge in [0.25, 0.3) is 0 Å². The summed E-state index contributed by atoms with van der Waals surface area (Å²) < 4.78 is 0. The van der Waals surface area contributed by atoms with Crippen LogP contribution in [0.2, 0.25) is 0 Å². The van der Waals surface area contributed by atoms with Crippen LogP contribution in [-0.4, -0.2) is 21.0 Å². The Morgan fingerprint density at radius 1 is 0.771 bits per heavy atom. The molecule has 2 N–H and O–H groups in total. The second-order valence-electron chi connectivity index (χ2n) is 9.78. The number of rotatable bonds is 4. The van der Waals surface area contributed by atoms with Crippen molar-refractivity contribution in [2.75, 3.05) is 0 Å². The largest absolute Gasteiger partial charge is 0.508 e. The van der Waals surface area contributed by atoms with Crippen LogP contribution >= 0.6 is 0 Å². The van der Waals surface area contributed by atoms with Crippen LogP contribution in [0.25, 0.3) is 10.8 Å². The van der Waals surface area contributed by atoms with Crippen LogP contribution in [0, 0.1) is 19.8 Å². The molecule has 4 aromatic carbocycles. The number of amides is 1.